The number of nitrogens with zero attached hydrogens (tertiary/aromatic N) is 1. The molecule has 1 aromatic rings. The molecule has 1 fully saturated rings. The maximum atomic E-state index is 5.58. The Morgan fingerprint density at radius 2 is 2.28 bits per heavy atom. The van der Waals surface area contributed by atoms with Crippen LogP contribution in [0.4, 0.5) is 5.69 Å². The Morgan fingerprint density at radius 3 is 2.89 bits per heavy atom. The number of hydrogen-bond acceptors (Lipinski definition) is 3. The van der Waals surface area contributed by atoms with Crippen LogP contribution >= 0.6 is 15.9 Å². The Hall–Kier alpha value is -0.580. The van der Waals surface area contributed by atoms with Gasteiger partial charge >= 0.3 is 0 Å². The van der Waals surface area contributed by atoms with E-state index in [4.69, 9.17) is 4.74 Å². The van der Waals surface area contributed by atoms with Gasteiger partial charge in [0.05, 0.1) is 18.4 Å². The summed E-state index contributed by atoms with van der Waals surface area (Å²) in [6.07, 6.45) is 0.307. The summed E-state index contributed by atoms with van der Waals surface area (Å²) in [5.74, 6) is 0. The van der Waals surface area contributed by atoms with Crippen molar-refractivity contribution in [1.82, 2.24) is 5.32 Å². The van der Waals surface area contributed by atoms with Crippen LogP contribution in [0.25, 0.3) is 0 Å². The van der Waals surface area contributed by atoms with Crippen LogP contribution in [0.1, 0.15) is 25.5 Å². The zero-order valence-electron chi connectivity index (χ0n) is 11.2. The number of nitrogens with one attached hydrogen (secondary N) is 1. The smallest absolute Gasteiger partial charge is 0.0722 e. The first-order chi connectivity index (χ1) is 8.61. The second kappa shape index (κ2) is 6.04. The molecule has 2 unspecified atom stereocenters. The van der Waals surface area contributed by atoms with Crippen LogP contribution in [0.3, 0.4) is 0 Å². The van der Waals surface area contributed by atoms with Crippen molar-refractivity contribution in [3.8, 4) is 0 Å². The highest BCUT2D eigenvalue weighted by Crippen LogP contribution is 2.30. The van der Waals surface area contributed by atoms with Gasteiger partial charge < -0.3 is 15.0 Å². The van der Waals surface area contributed by atoms with Crippen molar-refractivity contribution >= 4 is 21.6 Å². The summed E-state index contributed by atoms with van der Waals surface area (Å²) in [6.45, 7) is 7.02. The van der Waals surface area contributed by atoms with E-state index in [9.17, 15) is 0 Å². The molecule has 100 valence electrons. The molecule has 1 aromatic carbocycles. The number of ether oxygens (including phenoxy) is 1. The molecule has 3 nitrogen and oxygen atoms in total. The van der Waals surface area contributed by atoms with Gasteiger partial charge in [0.1, 0.15) is 0 Å². The number of hydrogen-bond donors (Lipinski definition) is 1. The number of morpholine rings is 1. The molecule has 4 heteroatoms. The fourth-order valence-corrected chi connectivity index (χ4v) is 2.90. The Bertz CT molecular complexity index is 411. The van der Waals surface area contributed by atoms with Gasteiger partial charge in [-0.25, -0.2) is 0 Å². The first-order valence-corrected chi connectivity index (χ1v) is 7.24. The Balaban J connectivity index is 2.19. The Kier molecular flexibility index (Phi) is 4.65. The molecule has 0 aromatic heterocycles. The van der Waals surface area contributed by atoms with Gasteiger partial charge in [-0.05, 0) is 54.5 Å². The summed E-state index contributed by atoms with van der Waals surface area (Å²) in [7, 11) is 1.98. The standard InChI is InChI=1S/C14H21BrN2O/c1-10-9-17(6-7-18-10)14-5-4-12(8-13(14)15)11(2)16-3/h4-5,8,10-11,16H,6-7,9H2,1-3H3. The van der Waals surface area contributed by atoms with Crippen LogP contribution < -0.4 is 10.2 Å². The molecule has 0 amide bonds. The van der Waals surface area contributed by atoms with Crippen LogP contribution in [-0.2, 0) is 4.74 Å². The number of benzene rings is 1. The van der Waals surface area contributed by atoms with E-state index in [1.54, 1.807) is 0 Å². The minimum absolute atomic E-state index is 0.307. The van der Waals surface area contributed by atoms with Gasteiger partial charge in [0.2, 0.25) is 0 Å². The maximum absolute atomic E-state index is 5.58. The van der Waals surface area contributed by atoms with E-state index in [-0.39, 0.29) is 0 Å². The van der Waals surface area contributed by atoms with E-state index < -0.39 is 0 Å². The van der Waals surface area contributed by atoms with Crippen LogP contribution in [-0.4, -0.2) is 32.8 Å². The molecule has 1 aliphatic heterocycles. The topological polar surface area (TPSA) is 24.5 Å². The van der Waals surface area contributed by atoms with E-state index in [2.05, 4.69) is 58.2 Å². The first kappa shape index (κ1) is 13.8. The summed E-state index contributed by atoms with van der Waals surface area (Å²) in [5.41, 5.74) is 2.56. The lowest BCUT2D eigenvalue weighted by Crippen LogP contribution is -2.41. The highest BCUT2D eigenvalue weighted by atomic mass is 79.9. The molecule has 0 radical (unpaired) electrons. The second-order valence-electron chi connectivity index (χ2n) is 4.85. The van der Waals surface area contributed by atoms with E-state index in [0.29, 0.717) is 12.1 Å². The lowest BCUT2D eigenvalue weighted by atomic mass is 10.1. The molecule has 18 heavy (non-hydrogen) atoms. The Labute approximate surface area is 118 Å². The number of anilines is 1. The number of halogens is 1. The third kappa shape index (κ3) is 3.05. The summed E-state index contributed by atoms with van der Waals surface area (Å²) < 4.78 is 6.74. The van der Waals surface area contributed by atoms with Crippen LogP contribution in [0, 0.1) is 0 Å². The van der Waals surface area contributed by atoms with Gasteiger partial charge in [-0.2, -0.15) is 0 Å². The molecule has 0 aliphatic carbocycles. The lowest BCUT2D eigenvalue weighted by Gasteiger charge is -2.33. The van der Waals surface area contributed by atoms with Gasteiger partial charge in [0.15, 0.2) is 0 Å². The SMILES string of the molecule is CNC(C)c1ccc(N2CCOC(C)C2)c(Br)c1. The predicted molar refractivity (Wildman–Crippen MR) is 79.2 cm³/mol. The summed E-state index contributed by atoms with van der Waals surface area (Å²) >= 11 is 3.69. The summed E-state index contributed by atoms with van der Waals surface area (Å²) in [4.78, 5) is 2.38. The van der Waals surface area contributed by atoms with E-state index >= 15 is 0 Å². The largest absolute Gasteiger partial charge is 0.375 e. The average molecular weight is 313 g/mol. The molecule has 1 N–H and O–H groups in total. The monoisotopic (exact) mass is 312 g/mol. The maximum Gasteiger partial charge on any atom is 0.0722 e. The van der Waals surface area contributed by atoms with Crippen LogP contribution in [0.2, 0.25) is 0 Å². The minimum atomic E-state index is 0.307. The van der Waals surface area contributed by atoms with E-state index in [0.717, 1.165) is 24.2 Å². The molecule has 2 rings (SSSR count). The van der Waals surface area contributed by atoms with Crippen molar-refractivity contribution in [2.45, 2.75) is 26.0 Å². The van der Waals surface area contributed by atoms with Crippen LogP contribution in [0.5, 0.6) is 0 Å². The fourth-order valence-electron chi connectivity index (χ4n) is 2.25. The molecule has 0 spiro atoms. The van der Waals surface area contributed by atoms with Crippen molar-refractivity contribution in [2.24, 2.45) is 0 Å². The van der Waals surface area contributed by atoms with Gasteiger partial charge in [-0.15, -0.1) is 0 Å². The van der Waals surface area contributed by atoms with Crippen molar-refractivity contribution in [1.29, 1.82) is 0 Å². The highest BCUT2D eigenvalue weighted by Gasteiger charge is 2.19. The van der Waals surface area contributed by atoms with Gasteiger partial charge in [0, 0.05) is 23.6 Å². The zero-order chi connectivity index (χ0) is 13.1. The molecule has 1 heterocycles. The van der Waals surface area contributed by atoms with Crippen molar-refractivity contribution in [3.63, 3.8) is 0 Å². The third-order valence-corrected chi connectivity index (χ3v) is 4.12. The molecular weight excluding hydrogens is 292 g/mol. The van der Waals surface area contributed by atoms with Crippen molar-refractivity contribution < 1.29 is 4.74 Å². The van der Waals surface area contributed by atoms with Gasteiger partial charge in [-0.1, -0.05) is 6.07 Å². The molecule has 1 saturated heterocycles. The normalized spacial score (nSPS) is 22.0. The molecule has 2 atom stereocenters. The average Bonchev–Trinajstić information content (AvgIpc) is 2.37. The van der Waals surface area contributed by atoms with Crippen LogP contribution in [0.15, 0.2) is 22.7 Å². The molecule has 0 saturated carbocycles. The van der Waals surface area contributed by atoms with Crippen molar-refractivity contribution in [3.05, 3.63) is 28.2 Å². The quantitative estimate of drug-likeness (QED) is 0.928. The molecule has 1 aliphatic rings. The Morgan fingerprint density at radius 1 is 1.50 bits per heavy atom. The summed E-state index contributed by atoms with van der Waals surface area (Å²) in [6, 6.07) is 6.97. The van der Waals surface area contributed by atoms with E-state index in [1.165, 1.54) is 11.3 Å². The lowest BCUT2D eigenvalue weighted by molar-refractivity contribution is 0.0532. The fraction of sp³-hybridized carbons (Fsp3) is 0.571. The summed E-state index contributed by atoms with van der Waals surface area (Å²) in [5, 5.41) is 3.26. The zero-order valence-corrected chi connectivity index (χ0v) is 12.8. The van der Waals surface area contributed by atoms with E-state index in [1.807, 2.05) is 7.05 Å². The molecule has 0 bridgehead atoms. The first-order valence-electron chi connectivity index (χ1n) is 6.45. The van der Waals surface area contributed by atoms with Gasteiger partial charge in [-0.3, -0.25) is 0 Å². The predicted octanol–water partition coefficient (Wildman–Crippen LogP) is 2.95. The van der Waals surface area contributed by atoms with Crippen molar-refractivity contribution in [2.75, 3.05) is 31.6 Å². The second-order valence-corrected chi connectivity index (χ2v) is 5.70. The molecular formula is C14H21BrN2O. The highest BCUT2D eigenvalue weighted by molar-refractivity contribution is 9.10. The van der Waals surface area contributed by atoms with Gasteiger partial charge in [0.25, 0.3) is 0 Å². The minimum Gasteiger partial charge on any atom is -0.375 e. The number of rotatable bonds is 3. The third-order valence-electron chi connectivity index (χ3n) is 3.49.